The van der Waals surface area contributed by atoms with Gasteiger partial charge < -0.3 is 15.5 Å². The lowest BCUT2D eigenvalue weighted by Crippen LogP contribution is -2.17. The Morgan fingerprint density at radius 2 is 2.11 bits per heavy atom. The molecule has 0 atom stereocenters. The summed E-state index contributed by atoms with van der Waals surface area (Å²) < 4.78 is 5.24. The highest BCUT2D eigenvalue weighted by molar-refractivity contribution is 7.80. The average Bonchev–Trinajstić information content (AvgIpc) is 2.75. The topological polar surface area (TPSA) is 68.3 Å². The highest BCUT2D eigenvalue weighted by atomic mass is 35.5. The summed E-state index contributed by atoms with van der Waals surface area (Å²) in [7, 11) is 0. The first-order chi connectivity index (χ1) is 8.97. The lowest BCUT2D eigenvalue weighted by Gasteiger charge is -2.09. The highest BCUT2D eigenvalue weighted by Crippen LogP contribution is 2.22. The van der Waals surface area contributed by atoms with E-state index in [1.54, 1.807) is 37.3 Å². The number of carbonyl (C=O) groups excluding carboxylic acids is 1. The van der Waals surface area contributed by atoms with Crippen LogP contribution in [0.3, 0.4) is 0 Å². The normalized spacial score (nSPS) is 10.2. The van der Waals surface area contributed by atoms with Crippen LogP contribution < -0.4 is 11.1 Å². The van der Waals surface area contributed by atoms with Crippen molar-refractivity contribution in [1.82, 2.24) is 0 Å². The summed E-state index contributed by atoms with van der Waals surface area (Å²) in [4.78, 5) is 12.2. The van der Waals surface area contributed by atoms with Crippen molar-refractivity contribution < 1.29 is 9.21 Å². The predicted molar refractivity (Wildman–Crippen MR) is 78.7 cm³/mol. The van der Waals surface area contributed by atoms with Crippen molar-refractivity contribution in [2.45, 2.75) is 6.92 Å². The van der Waals surface area contributed by atoms with Gasteiger partial charge in [-0.15, -0.1) is 0 Å². The van der Waals surface area contributed by atoms with Crippen molar-refractivity contribution in [3.63, 3.8) is 0 Å². The van der Waals surface area contributed by atoms with E-state index in [0.29, 0.717) is 22.0 Å². The van der Waals surface area contributed by atoms with Gasteiger partial charge in [0.1, 0.15) is 10.7 Å². The van der Waals surface area contributed by atoms with Crippen molar-refractivity contribution in [1.29, 1.82) is 0 Å². The first-order valence-electron chi connectivity index (χ1n) is 5.44. The molecule has 19 heavy (non-hydrogen) atoms. The van der Waals surface area contributed by atoms with E-state index in [1.165, 1.54) is 0 Å². The fourth-order valence-electron chi connectivity index (χ4n) is 1.58. The Hall–Kier alpha value is -1.85. The van der Waals surface area contributed by atoms with E-state index in [0.717, 1.165) is 0 Å². The molecule has 3 N–H and O–H groups in total. The first kappa shape index (κ1) is 13.6. The molecule has 6 heteroatoms. The maximum atomic E-state index is 12.0. The van der Waals surface area contributed by atoms with Gasteiger partial charge in [-0.05, 0) is 37.3 Å². The van der Waals surface area contributed by atoms with E-state index < -0.39 is 0 Å². The van der Waals surface area contributed by atoms with Crippen molar-refractivity contribution in [3.05, 3.63) is 52.4 Å². The molecule has 2 aromatic rings. The number of anilines is 1. The molecule has 0 spiro atoms. The van der Waals surface area contributed by atoms with Crippen LogP contribution in [0.15, 0.2) is 34.7 Å². The van der Waals surface area contributed by atoms with Gasteiger partial charge in [0.25, 0.3) is 5.91 Å². The summed E-state index contributed by atoms with van der Waals surface area (Å²) >= 11 is 10.8. The number of carbonyl (C=O) groups is 1. The molecule has 0 saturated carbocycles. The Morgan fingerprint density at radius 3 is 2.68 bits per heavy atom. The molecule has 0 aliphatic carbocycles. The summed E-state index contributed by atoms with van der Waals surface area (Å²) in [5, 5.41) is 3.16. The molecule has 0 unspecified atom stereocenters. The van der Waals surface area contributed by atoms with Crippen LogP contribution in [0.4, 0.5) is 5.69 Å². The van der Waals surface area contributed by atoms with Gasteiger partial charge in [0.15, 0.2) is 5.76 Å². The minimum Gasteiger partial charge on any atom is -0.456 e. The Bertz CT molecular complexity index is 652. The molecule has 0 aliphatic rings. The van der Waals surface area contributed by atoms with Gasteiger partial charge in [0.2, 0.25) is 0 Å². The molecule has 98 valence electrons. The standard InChI is InChI=1S/C13H11ClN2O2S/c1-7-2-5-11(18-7)13(17)16-10-6-8(14)3-4-9(10)12(15)19/h2-6H,1H3,(H2,15,19)(H,16,17). The third-order valence-corrected chi connectivity index (χ3v) is 2.91. The van der Waals surface area contributed by atoms with Crippen LogP contribution in [0.1, 0.15) is 21.9 Å². The second kappa shape index (κ2) is 5.42. The number of thiocarbonyl (C=S) groups is 1. The lowest BCUT2D eigenvalue weighted by molar-refractivity contribution is 0.0995. The zero-order valence-electron chi connectivity index (χ0n) is 10.1. The van der Waals surface area contributed by atoms with Crippen LogP contribution in [-0.2, 0) is 0 Å². The van der Waals surface area contributed by atoms with E-state index in [4.69, 9.17) is 34.0 Å². The van der Waals surface area contributed by atoms with E-state index in [1.807, 2.05) is 0 Å². The fraction of sp³-hybridized carbons (Fsp3) is 0.0769. The van der Waals surface area contributed by atoms with E-state index in [9.17, 15) is 4.79 Å². The van der Waals surface area contributed by atoms with Crippen molar-refractivity contribution in [2.75, 3.05) is 5.32 Å². The summed E-state index contributed by atoms with van der Waals surface area (Å²) in [5.74, 6) is 0.491. The van der Waals surface area contributed by atoms with Gasteiger partial charge >= 0.3 is 0 Å². The maximum absolute atomic E-state index is 12.0. The Balaban J connectivity index is 2.30. The van der Waals surface area contributed by atoms with Gasteiger partial charge in [-0.1, -0.05) is 23.8 Å². The largest absolute Gasteiger partial charge is 0.456 e. The third-order valence-electron chi connectivity index (χ3n) is 2.46. The van der Waals surface area contributed by atoms with Crippen LogP contribution in [0.5, 0.6) is 0 Å². The van der Waals surface area contributed by atoms with Gasteiger partial charge in [-0.2, -0.15) is 0 Å². The molecule has 1 amide bonds. The molecule has 0 saturated heterocycles. The fourth-order valence-corrected chi connectivity index (χ4v) is 1.93. The van der Waals surface area contributed by atoms with Crippen LogP contribution in [0.2, 0.25) is 5.02 Å². The molecular weight excluding hydrogens is 284 g/mol. The SMILES string of the molecule is Cc1ccc(C(=O)Nc2cc(Cl)ccc2C(N)=S)o1. The van der Waals surface area contributed by atoms with Crippen molar-refractivity contribution in [3.8, 4) is 0 Å². The molecule has 0 bridgehead atoms. The molecular formula is C13H11ClN2O2S. The first-order valence-corrected chi connectivity index (χ1v) is 6.23. The highest BCUT2D eigenvalue weighted by Gasteiger charge is 2.13. The summed E-state index contributed by atoms with van der Waals surface area (Å²) in [6.45, 7) is 1.76. The monoisotopic (exact) mass is 294 g/mol. The van der Waals surface area contributed by atoms with E-state index >= 15 is 0 Å². The number of furan rings is 1. The van der Waals surface area contributed by atoms with Crippen LogP contribution >= 0.6 is 23.8 Å². The minimum atomic E-state index is -0.382. The zero-order valence-corrected chi connectivity index (χ0v) is 11.6. The maximum Gasteiger partial charge on any atom is 0.291 e. The number of hydrogen-bond acceptors (Lipinski definition) is 3. The van der Waals surface area contributed by atoms with Gasteiger partial charge in [0.05, 0.1) is 5.69 Å². The second-order valence-electron chi connectivity index (χ2n) is 3.92. The molecule has 0 fully saturated rings. The van der Waals surface area contributed by atoms with Crippen LogP contribution in [0, 0.1) is 6.92 Å². The van der Waals surface area contributed by atoms with Crippen molar-refractivity contribution >= 4 is 40.4 Å². The zero-order chi connectivity index (χ0) is 14.0. The molecule has 0 aliphatic heterocycles. The average molecular weight is 295 g/mol. The number of amides is 1. The summed E-state index contributed by atoms with van der Waals surface area (Å²) in [5.41, 5.74) is 6.61. The van der Waals surface area contributed by atoms with Crippen molar-refractivity contribution in [2.24, 2.45) is 5.73 Å². The summed E-state index contributed by atoms with van der Waals surface area (Å²) in [6, 6.07) is 8.21. The van der Waals surface area contributed by atoms with Gasteiger partial charge in [0, 0.05) is 10.6 Å². The summed E-state index contributed by atoms with van der Waals surface area (Å²) in [6.07, 6.45) is 0. The third kappa shape index (κ3) is 3.13. The number of rotatable bonds is 3. The number of benzene rings is 1. The van der Waals surface area contributed by atoms with E-state index in [-0.39, 0.29) is 16.7 Å². The number of nitrogens with two attached hydrogens (primary N) is 1. The molecule has 1 heterocycles. The minimum absolute atomic E-state index is 0.183. The predicted octanol–water partition coefficient (Wildman–Crippen LogP) is 3.13. The molecule has 1 aromatic carbocycles. The Labute approximate surface area is 120 Å². The van der Waals surface area contributed by atoms with Gasteiger partial charge in [-0.25, -0.2) is 0 Å². The molecule has 2 rings (SSSR count). The van der Waals surface area contributed by atoms with Crippen LogP contribution in [0.25, 0.3) is 0 Å². The Kier molecular flexibility index (Phi) is 3.87. The second-order valence-corrected chi connectivity index (χ2v) is 4.79. The van der Waals surface area contributed by atoms with Crippen LogP contribution in [-0.4, -0.2) is 10.9 Å². The molecule has 0 radical (unpaired) electrons. The number of aryl methyl sites for hydroxylation is 1. The smallest absolute Gasteiger partial charge is 0.291 e. The number of halogens is 1. The molecule has 4 nitrogen and oxygen atoms in total. The molecule has 1 aromatic heterocycles. The number of nitrogens with one attached hydrogen (secondary N) is 1. The van der Waals surface area contributed by atoms with E-state index in [2.05, 4.69) is 5.32 Å². The lowest BCUT2D eigenvalue weighted by atomic mass is 10.1. The quantitative estimate of drug-likeness (QED) is 0.854. The number of hydrogen-bond donors (Lipinski definition) is 2. The van der Waals surface area contributed by atoms with Gasteiger partial charge in [-0.3, -0.25) is 4.79 Å². The Morgan fingerprint density at radius 1 is 1.37 bits per heavy atom.